The van der Waals surface area contributed by atoms with Crippen molar-refractivity contribution in [2.75, 3.05) is 20.3 Å². The molecule has 7 heteroatoms. The van der Waals surface area contributed by atoms with Crippen molar-refractivity contribution >= 4 is 11.8 Å². The van der Waals surface area contributed by atoms with Gasteiger partial charge in [0.2, 0.25) is 11.7 Å². The van der Waals surface area contributed by atoms with Gasteiger partial charge in [-0.15, -0.1) is 0 Å². The Balaban J connectivity index is 1.71. The monoisotopic (exact) mass is 410 g/mol. The lowest BCUT2D eigenvalue weighted by Crippen LogP contribution is -2.17. The highest BCUT2D eigenvalue weighted by molar-refractivity contribution is 6.00. The lowest BCUT2D eigenvalue weighted by molar-refractivity contribution is 0.0467. The second-order valence-electron chi connectivity index (χ2n) is 7.25. The molecule has 0 radical (unpaired) electrons. The molecule has 0 aliphatic rings. The normalized spacial score (nSPS) is 12.0. The van der Waals surface area contributed by atoms with Crippen molar-refractivity contribution in [3.05, 3.63) is 64.8 Å². The van der Waals surface area contributed by atoms with Crippen LogP contribution < -0.4 is 0 Å². The number of ether oxygens (including phenoxy) is 2. The minimum atomic E-state index is -0.687. The Morgan fingerprint density at radius 1 is 1.17 bits per heavy atom. The highest BCUT2D eigenvalue weighted by Crippen LogP contribution is 2.23. The van der Waals surface area contributed by atoms with E-state index in [9.17, 15) is 9.59 Å². The van der Waals surface area contributed by atoms with E-state index >= 15 is 0 Å². The van der Waals surface area contributed by atoms with Gasteiger partial charge in [-0.3, -0.25) is 4.79 Å². The first-order valence-electron chi connectivity index (χ1n) is 9.74. The number of nitrogens with zero attached hydrogens (tertiary/aromatic N) is 2. The van der Waals surface area contributed by atoms with Gasteiger partial charge in [-0.25, -0.2) is 9.78 Å². The number of methoxy groups -OCH3 is 1. The van der Waals surface area contributed by atoms with E-state index in [-0.39, 0.29) is 24.1 Å². The average Bonchev–Trinajstić information content (AvgIpc) is 3.26. The third-order valence-electron chi connectivity index (χ3n) is 4.98. The van der Waals surface area contributed by atoms with Crippen LogP contribution in [-0.2, 0) is 9.47 Å². The number of carbonyl (C=O) groups excluding carboxylic acids is 2. The van der Waals surface area contributed by atoms with E-state index in [1.807, 2.05) is 61.7 Å². The molecule has 0 aliphatic heterocycles. The predicted octanol–water partition coefficient (Wildman–Crippen LogP) is 4.32. The lowest BCUT2D eigenvalue weighted by atomic mass is 10.1. The summed E-state index contributed by atoms with van der Waals surface area (Å²) in [4.78, 5) is 29.4. The fraction of sp³-hybridized carbons (Fsp3) is 0.348. The molecule has 2 heterocycles. The summed E-state index contributed by atoms with van der Waals surface area (Å²) >= 11 is 0. The Morgan fingerprint density at radius 2 is 1.87 bits per heavy atom. The number of carbonyl (C=O) groups is 2. The Bertz CT molecular complexity index is 1050. The fourth-order valence-corrected chi connectivity index (χ4v) is 3.62. The number of esters is 1. The zero-order chi connectivity index (χ0) is 21.8. The smallest absolute Gasteiger partial charge is 0.361 e. The summed E-state index contributed by atoms with van der Waals surface area (Å²) in [5, 5.41) is 0. The standard InChI is InChI=1S/C23H26N2O5/c1-14-11-19(16(3)25(14)15(2)12-28-5)20(26)13-29-23(27)21-17(4)30-22(24-21)18-9-7-6-8-10-18/h6-11,15H,12-13H2,1-5H3/t15-/m0/s1. The molecule has 3 rings (SSSR count). The van der Waals surface area contributed by atoms with Crippen LogP contribution in [0.2, 0.25) is 0 Å². The maximum atomic E-state index is 12.7. The minimum Gasteiger partial charge on any atom is -0.452 e. The average molecular weight is 410 g/mol. The molecule has 0 bridgehead atoms. The minimum absolute atomic E-state index is 0.0702. The van der Waals surface area contributed by atoms with E-state index < -0.39 is 5.97 Å². The molecule has 0 fully saturated rings. The first kappa shape index (κ1) is 21.5. The van der Waals surface area contributed by atoms with Crippen LogP contribution in [0.1, 0.15) is 51.0 Å². The molecule has 158 valence electrons. The number of hydrogen-bond acceptors (Lipinski definition) is 6. The molecule has 30 heavy (non-hydrogen) atoms. The summed E-state index contributed by atoms with van der Waals surface area (Å²) in [6.45, 7) is 7.65. The summed E-state index contributed by atoms with van der Waals surface area (Å²) in [5.41, 5.74) is 3.13. The molecule has 1 aromatic carbocycles. The number of oxazole rings is 1. The van der Waals surface area contributed by atoms with Crippen LogP contribution in [-0.4, -0.2) is 41.6 Å². The van der Waals surface area contributed by atoms with Gasteiger partial charge in [-0.2, -0.15) is 0 Å². The summed E-state index contributed by atoms with van der Waals surface area (Å²) in [6, 6.07) is 11.2. The zero-order valence-electron chi connectivity index (χ0n) is 17.9. The van der Waals surface area contributed by atoms with Gasteiger partial charge in [0, 0.05) is 29.6 Å². The SMILES string of the molecule is COC[C@H](C)n1c(C)cc(C(=O)COC(=O)c2nc(-c3ccccc3)oc2C)c1C. The van der Waals surface area contributed by atoms with Crippen LogP contribution >= 0.6 is 0 Å². The van der Waals surface area contributed by atoms with Crippen LogP contribution in [0.25, 0.3) is 11.5 Å². The van der Waals surface area contributed by atoms with E-state index in [0.717, 1.165) is 17.0 Å². The van der Waals surface area contributed by atoms with Gasteiger partial charge in [-0.05, 0) is 45.9 Å². The van der Waals surface area contributed by atoms with Crippen molar-refractivity contribution in [3.63, 3.8) is 0 Å². The number of benzene rings is 1. The highest BCUT2D eigenvalue weighted by Gasteiger charge is 2.23. The van der Waals surface area contributed by atoms with Crippen LogP contribution in [0.3, 0.4) is 0 Å². The molecule has 1 atom stereocenters. The van der Waals surface area contributed by atoms with E-state index in [2.05, 4.69) is 4.98 Å². The van der Waals surface area contributed by atoms with E-state index in [1.165, 1.54) is 0 Å². The largest absolute Gasteiger partial charge is 0.452 e. The maximum absolute atomic E-state index is 12.7. The number of hydrogen-bond donors (Lipinski definition) is 0. The Labute approximate surface area is 175 Å². The zero-order valence-corrected chi connectivity index (χ0v) is 17.9. The van der Waals surface area contributed by atoms with E-state index in [1.54, 1.807) is 14.0 Å². The van der Waals surface area contributed by atoms with Gasteiger partial charge in [-0.1, -0.05) is 18.2 Å². The molecule has 3 aromatic rings. The third kappa shape index (κ3) is 4.36. The van der Waals surface area contributed by atoms with Gasteiger partial charge in [0.05, 0.1) is 12.6 Å². The van der Waals surface area contributed by atoms with Gasteiger partial charge in [0.1, 0.15) is 5.76 Å². The van der Waals surface area contributed by atoms with E-state index in [0.29, 0.717) is 23.8 Å². The van der Waals surface area contributed by atoms with Crippen molar-refractivity contribution in [2.24, 2.45) is 0 Å². The van der Waals surface area contributed by atoms with Crippen molar-refractivity contribution in [3.8, 4) is 11.5 Å². The Morgan fingerprint density at radius 3 is 2.53 bits per heavy atom. The second kappa shape index (κ2) is 9.09. The number of aromatic nitrogens is 2. The molecule has 2 aromatic heterocycles. The Hall–Kier alpha value is -3.19. The van der Waals surface area contributed by atoms with Crippen molar-refractivity contribution < 1.29 is 23.5 Å². The van der Waals surface area contributed by atoms with Crippen LogP contribution in [0.4, 0.5) is 0 Å². The fourth-order valence-electron chi connectivity index (χ4n) is 3.62. The molecule has 0 saturated carbocycles. The molecule has 7 nitrogen and oxygen atoms in total. The molecule has 0 N–H and O–H groups in total. The number of aryl methyl sites for hydroxylation is 2. The van der Waals surface area contributed by atoms with Gasteiger partial charge < -0.3 is 18.5 Å². The summed E-state index contributed by atoms with van der Waals surface area (Å²) in [5.74, 6) is -0.273. The van der Waals surface area contributed by atoms with Crippen molar-refractivity contribution in [1.29, 1.82) is 0 Å². The van der Waals surface area contributed by atoms with Crippen molar-refractivity contribution in [1.82, 2.24) is 9.55 Å². The molecule has 0 unspecified atom stereocenters. The summed E-state index contributed by atoms with van der Waals surface area (Å²) < 4.78 is 18.1. The van der Waals surface area contributed by atoms with Gasteiger partial charge >= 0.3 is 5.97 Å². The third-order valence-corrected chi connectivity index (χ3v) is 4.98. The van der Waals surface area contributed by atoms with Crippen LogP contribution in [0, 0.1) is 20.8 Å². The maximum Gasteiger partial charge on any atom is 0.361 e. The second-order valence-corrected chi connectivity index (χ2v) is 7.25. The number of rotatable bonds is 8. The summed E-state index contributed by atoms with van der Waals surface area (Å²) in [6.07, 6.45) is 0. The topological polar surface area (TPSA) is 83.6 Å². The van der Waals surface area contributed by atoms with Gasteiger partial charge in [0.15, 0.2) is 12.3 Å². The molecular weight excluding hydrogens is 384 g/mol. The number of Topliss-reactive ketones (excluding diaryl/α,β-unsaturated/α-hetero) is 1. The molecule has 0 amide bonds. The lowest BCUT2D eigenvalue weighted by Gasteiger charge is -2.17. The van der Waals surface area contributed by atoms with Crippen LogP contribution in [0.5, 0.6) is 0 Å². The first-order valence-corrected chi connectivity index (χ1v) is 9.74. The molecule has 0 aliphatic carbocycles. The van der Waals surface area contributed by atoms with E-state index in [4.69, 9.17) is 13.9 Å². The highest BCUT2D eigenvalue weighted by atomic mass is 16.5. The number of ketones is 1. The first-order chi connectivity index (χ1) is 14.3. The molecule has 0 saturated heterocycles. The Kier molecular flexibility index (Phi) is 6.52. The van der Waals surface area contributed by atoms with Gasteiger partial charge in [0.25, 0.3) is 0 Å². The van der Waals surface area contributed by atoms with Crippen molar-refractivity contribution in [2.45, 2.75) is 33.7 Å². The van der Waals surface area contributed by atoms with Crippen LogP contribution in [0.15, 0.2) is 40.8 Å². The molecule has 0 spiro atoms. The quantitative estimate of drug-likeness (QED) is 0.406. The predicted molar refractivity (Wildman–Crippen MR) is 112 cm³/mol. The molecular formula is C23H26N2O5. The summed E-state index contributed by atoms with van der Waals surface area (Å²) in [7, 11) is 1.64.